The number of hydrogen-bond donors (Lipinski definition) is 1. The molecule has 0 fully saturated rings. The van der Waals surface area contributed by atoms with E-state index >= 15 is 0 Å². The van der Waals surface area contributed by atoms with Crippen LogP contribution in [0.4, 0.5) is 0 Å². The van der Waals surface area contributed by atoms with Gasteiger partial charge in [-0.1, -0.05) is 41.1 Å². The molecule has 0 saturated heterocycles. The summed E-state index contributed by atoms with van der Waals surface area (Å²) in [6.07, 6.45) is -0.635. The van der Waals surface area contributed by atoms with E-state index in [4.69, 9.17) is 9.26 Å². The highest BCUT2D eigenvalue weighted by Crippen LogP contribution is 2.22. The van der Waals surface area contributed by atoms with Crippen molar-refractivity contribution in [1.82, 2.24) is 15.5 Å². The maximum absolute atomic E-state index is 12.3. The molecule has 1 aromatic heterocycles. The molecule has 0 aliphatic heterocycles. The second-order valence-corrected chi connectivity index (χ2v) is 6.56. The van der Waals surface area contributed by atoms with E-state index in [1.54, 1.807) is 6.92 Å². The zero-order valence-electron chi connectivity index (χ0n) is 15.9. The number of nitrogens with zero attached hydrogens (tertiary/aromatic N) is 2. The van der Waals surface area contributed by atoms with Crippen LogP contribution in [0.5, 0.6) is 5.75 Å². The third-order valence-corrected chi connectivity index (χ3v) is 4.39. The van der Waals surface area contributed by atoms with Crippen LogP contribution in [-0.2, 0) is 11.3 Å². The van der Waals surface area contributed by atoms with Gasteiger partial charge >= 0.3 is 0 Å². The molecule has 1 N–H and O–H groups in total. The van der Waals surface area contributed by atoms with Gasteiger partial charge in [-0.15, -0.1) is 0 Å². The fourth-order valence-corrected chi connectivity index (χ4v) is 2.63. The Labute approximate surface area is 158 Å². The standard InChI is InChI=1S/C21H23N3O3/c1-13-7-5-9-17(11-13)20-23-19(27-24-20)12-22-21(25)16(4)26-18-10-6-8-14(2)15(18)3/h5-11,16H,12H2,1-4H3,(H,22,25)/t16-/m1/s1. The zero-order chi connectivity index (χ0) is 19.4. The molecular weight excluding hydrogens is 342 g/mol. The van der Waals surface area contributed by atoms with E-state index in [1.165, 1.54) is 0 Å². The second-order valence-electron chi connectivity index (χ2n) is 6.56. The molecule has 0 aliphatic carbocycles. The number of nitrogens with one attached hydrogen (secondary N) is 1. The Kier molecular flexibility index (Phi) is 5.54. The van der Waals surface area contributed by atoms with E-state index in [-0.39, 0.29) is 12.5 Å². The van der Waals surface area contributed by atoms with Crippen LogP contribution < -0.4 is 10.1 Å². The van der Waals surface area contributed by atoms with Crippen molar-refractivity contribution < 1.29 is 14.1 Å². The van der Waals surface area contributed by atoms with Gasteiger partial charge < -0.3 is 14.6 Å². The van der Waals surface area contributed by atoms with Gasteiger partial charge in [0.1, 0.15) is 5.75 Å². The van der Waals surface area contributed by atoms with Crippen molar-refractivity contribution in [2.24, 2.45) is 0 Å². The van der Waals surface area contributed by atoms with Crippen molar-refractivity contribution in [1.29, 1.82) is 0 Å². The summed E-state index contributed by atoms with van der Waals surface area (Å²) in [5.74, 6) is 1.31. The largest absolute Gasteiger partial charge is 0.481 e. The van der Waals surface area contributed by atoms with Crippen LogP contribution in [0, 0.1) is 20.8 Å². The smallest absolute Gasteiger partial charge is 0.261 e. The lowest BCUT2D eigenvalue weighted by Gasteiger charge is -2.16. The van der Waals surface area contributed by atoms with Crippen LogP contribution in [-0.4, -0.2) is 22.2 Å². The third kappa shape index (κ3) is 4.53. The lowest BCUT2D eigenvalue weighted by Crippen LogP contribution is -2.36. The lowest BCUT2D eigenvalue weighted by atomic mass is 10.1. The van der Waals surface area contributed by atoms with Crippen LogP contribution in [0.2, 0.25) is 0 Å². The molecular formula is C21H23N3O3. The van der Waals surface area contributed by atoms with Gasteiger partial charge in [-0.25, -0.2) is 0 Å². The minimum atomic E-state index is -0.635. The summed E-state index contributed by atoms with van der Waals surface area (Å²) in [4.78, 5) is 16.6. The molecule has 27 heavy (non-hydrogen) atoms. The average molecular weight is 365 g/mol. The molecule has 6 heteroatoms. The molecule has 1 heterocycles. The van der Waals surface area contributed by atoms with Crippen molar-refractivity contribution in [3.05, 3.63) is 65.0 Å². The number of carbonyl (C=O) groups excluding carboxylic acids is 1. The van der Waals surface area contributed by atoms with Crippen LogP contribution in [0.1, 0.15) is 29.5 Å². The average Bonchev–Trinajstić information content (AvgIpc) is 3.12. The van der Waals surface area contributed by atoms with Crippen LogP contribution >= 0.6 is 0 Å². The summed E-state index contributed by atoms with van der Waals surface area (Å²) in [6.45, 7) is 7.85. The first-order chi connectivity index (χ1) is 12.9. The predicted molar refractivity (Wildman–Crippen MR) is 102 cm³/mol. The summed E-state index contributed by atoms with van der Waals surface area (Å²) < 4.78 is 11.0. The predicted octanol–water partition coefficient (Wildman–Crippen LogP) is 3.75. The SMILES string of the molecule is Cc1cccc(-c2noc(CNC(=O)[C@@H](C)Oc3cccc(C)c3C)n2)c1. The van der Waals surface area contributed by atoms with Crippen molar-refractivity contribution in [3.63, 3.8) is 0 Å². The molecule has 3 aromatic rings. The number of benzene rings is 2. The fourth-order valence-electron chi connectivity index (χ4n) is 2.63. The molecule has 140 valence electrons. The van der Waals surface area contributed by atoms with E-state index in [9.17, 15) is 4.79 Å². The van der Waals surface area contributed by atoms with Gasteiger partial charge in [-0.05, 0) is 51.0 Å². The van der Waals surface area contributed by atoms with Gasteiger partial charge in [0, 0.05) is 5.56 Å². The Bertz CT molecular complexity index is 949. The van der Waals surface area contributed by atoms with Crippen molar-refractivity contribution >= 4 is 5.91 Å². The first-order valence-corrected chi connectivity index (χ1v) is 8.84. The summed E-state index contributed by atoms with van der Waals surface area (Å²) >= 11 is 0. The maximum atomic E-state index is 12.3. The van der Waals surface area contributed by atoms with E-state index in [1.807, 2.05) is 63.2 Å². The number of aromatic nitrogens is 2. The fraction of sp³-hybridized carbons (Fsp3) is 0.286. The molecule has 6 nitrogen and oxygen atoms in total. The minimum absolute atomic E-state index is 0.151. The van der Waals surface area contributed by atoms with E-state index < -0.39 is 6.10 Å². The van der Waals surface area contributed by atoms with Gasteiger partial charge in [-0.2, -0.15) is 4.98 Å². The Balaban J connectivity index is 1.58. The third-order valence-electron chi connectivity index (χ3n) is 4.39. The number of aryl methyl sites for hydroxylation is 2. The monoisotopic (exact) mass is 365 g/mol. The number of rotatable bonds is 6. The highest BCUT2D eigenvalue weighted by Gasteiger charge is 2.17. The number of amides is 1. The van der Waals surface area contributed by atoms with Gasteiger partial charge in [0.2, 0.25) is 11.7 Å². The minimum Gasteiger partial charge on any atom is -0.481 e. The molecule has 1 amide bonds. The molecule has 0 spiro atoms. The summed E-state index contributed by atoms with van der Waals surface area (Å²) in [5, 5.41) is 6.74. The zero-order valence-corrected chi connectivity index (χ0v) is 15.9. The first kappa shape index (κ1) is 18.6. The van der Waals surface area contributed by atoms with Gasteiger partial charge in [0.15, 0.2) is 6.10 Å². The van der Waals surface area contributed by atoms with Crippen LogP contribution in [0.3, 0.4) is 0 Å². The molecule has 0 unspecified atom stereocenters. The van der Waals surface area contributed by atoms with Crippen LogP contribution in [0.15, 0.2) is 47.0 Å². The van der Waals surface area contributed by atoms with Gasteiger partial charge in [0.05, 0.1) is 6.54 Å². The van der Waals surface area contributed by atoms with Crippen molar-refractivity contribution in [2.45, 2.75) is 40.3 Å². The number of carbonyl (C=O) groups is 1. The second kappa shape index (κ2) is 8.03. The summed E-state index contributed by atoms with van der Waals surface area (Å²) in [6, 6.07) is 13.6. The molecule has 0 bridgehead atoms. The van der Waals surface area contributed by atoms with Crippen molar-refractivity contribution in [3.8, 4) is 17.1 Å². The number of ether oxygens (including phenoxy) is 1. The van der Waals surface area contributed by atoms with E-state index in [0.717, 1.165) is 22.3 Å². The van der Waals surface area contributed by atoms with Crippen molar-refractivity contribution in [2.75, 3.05) is 0 Å². The molecule has 1 atom stereocenters. The normalized spacial score (nSPS) is 11.9. The molecule has 3 rings (SSSR count). The Hall–Kier alpha value is -3.15. The number of hydrogen-bond acceptors (Lipinski definition) is 5. The van der Waals surface area contributed by atoms with Gasteiger partial charge in [0.25, 0.3) is 5.91 Å². The van der Waals surface area contributed by atoms with E-state index in [2.05, 4.69) is 15.5 Å². The highest BCUT2D eigenvalue weighted by atomic mass is 16.5. The first-order valence-electron chi connectivity index (χ1n) is 8.84. The summed E-state index contributed by atoms with van der Waals surface area (Å²) in [7, 11) is 0. The Morgan fingerprint density at radius 3 is 2.74 bits per heavy atom. The molecule has 0 radical (unpaired) electrons. The molecule has 2 aromatic carbocycles. The Morgan fingerprint density at radius 2 is 1.96 bits per heavy atom. The quantitative estimate of drug-likeness (QED) is 0.720. The van der Waals surface area contributed by atoms with E-state index in [0.29, 0.717) is 17.5 Å². The highest BCUT2D eigenvalue weighted by molar-refractivity contribution is 5.80. The Morgan fingerprint density at radius 1 is 1.19 bits per heavy atom. The maximum Gasteiger partial charge on any atom is 0.261 e. The van der Waals surface area contributed by atoms with Crippen LogP contribution in [0.25, 0.3) is 11.4 Å². The molecule has 0 aliphatic rings. The lowest BCUT2D eigenvalue weighted by molar-refractivity contribution is -0.127. The topological polar surface area (TPSA) is 77.2 Å². The molecule has 0 saturated carbocycles. The summed E-state index contributed by atoms with van der Waals surface area (Å²) in [5.41, 5.74) is 4.14. The van der Waals surface area contributed by atoms with Gasteiger partial charge in [-0.3, -0.25) is 4.79 Å².